The number of carbonyl (C=O) groups excluding carboxylic acids is 2. The van der Waals surface area contributed by atoms with E-state index < -0.39 is 4.92 Å². The van der Waals surface area contributed by atoms with Crippen LogP contribution in [0.1, 0.15) is 54.7 Å². The average molecular weight is 413 g/mol. The first-order chi connectivity index (χ1) is 14.0. The van der Waals surface area contributed by atoms with Gasteiger partial charge < -0.3 is 10.2 Å². The van der Waals surface area contributed by atoms with Crippen LogP contribution in [0.25, 0.3) is 0 Å². The highest BCUT2D eigenvalue weighted by atomic mass is 16.6. The minimum absolute atomic E-state index is 0.0298. The molecule has 9 nitrogen and oxygen atoms in total. The summed E-state index contributed by atoms with van der Waals surface area (Å²) in [4.78, 5) is 38.1. The number of hydrogen-bond donors (Lipinski definition) is 1. The molecule has 1 aromatic heterocycles. The molecule has 3 rings (SSSR count). The van der Waals surface area contributed by atoms with Gasteiger partial charge in [-0.2, -0.15) is 5.10 Å². The minimum Gasteiger partial charge on any atom is -0.352 e. The summed E-state index contributed by atoms with van der Waals surface area (Å²) < 4.78 is 1.70. The van der Waals surface area contributed by atoms with Gasteiger partial charge in [0.05, 0.1) is 17.2 Å². The van der Waals surface area contributed by atoms with Crippen LogP contribution >= 0.6 is 0 Å². The molecule has 0 spiro atoms. The minimum atomic E-state index is -0.499. The predicted octanol–water partition coefficient (Wildman–Crippen LogP) is 2.75. The molecule has 1 saturated heterocycles. The summed E-state index contributed by atoms with van der Waals surface area (Å²) in [5, 5.41) is 18.3. The van der Waals surface area contributed by atoms with Gasteiger partial charge in [-0.25, -0.2) is 0 Å². The van der Waals surface area contributed by atoms with Crippen LogP contribution in [-0.4, -0.2) is 43.5 Å². The molecule has 2 heterocycles. The number of aryl methyl sites for hydroxylation is 1. The number of likely N-dealkylation sites (tertiary alicyclic amines) is 1. The number of nitro benzene ring substituents is 1. The van der Waals surface area contributed by atoms with Gasteiger partial charge in [-0.1, -0.05) is 6.07 Å². The number of nitro groups is 1. The summed E-state index contributed by atoms with van der Waals surface area (Å²) in [6.07, 6.45) is 3.95. The van der Waals surface area contributed by atoms with E-state index in [1.807, 2.05) is 38.9 Å². The van der Waals surface area contributed by atoms with Gasteiger partial charge in [0.15, 0.2) is 0 Å². The molecule has 0 unspecified atom stereocenters. The number of carbonyl (C=O) groups is 2. The first-order valence-corrected chi connectivity index (χ1v) is 9.83. The lowest BCUT2D eigenvalue weighted by Crippen LogP contribution is -2.44. The standard InChI is InChI=1S/C21H27N5O4/c1-13-16(7-6-8-17(13)26(29)30)20(28)22-10-14-9-18(27)25(21(2,3)4)19(14)15-11-23-24(5)12-15/h6-8,11-12,14,19H,9-10H2,1-5H3,(H,22,28)/t14-,19+/m0/s1. The fraction of sp³-hybridized carbons (Fsp3) is 0.476. The number of aromatic nitrogens is 2. The summed E-state index contributed by atoms with van der Waals surface area (Å²) in [6.45, 7) is 7.80. The molecule has 9 heteroatoms. The van der Waals surface area contributed by atoms with Crippen LogP contribution in [0.5, 0.6) is 0 Å². The number of nitrogens with zero attached hydrogens (tertiary/aromatic N) is 4. The van der Waals surface area contributed by atoms with Gasteiger partial charge in [-0.05, 0) is 33.8 Å². The highest BCUT2D eigenvalue weighted by Gasteiger charge is 2.45. The molecule has 2 amide bonds. The largest absolute Gasteiger partial charge is 0.352 e. The van der Waals surface area contributed by atoms with Crippen molar-refractivity contribution in [2.24, 2.45) is 13.0 Å². The van der Waals surface area contributed by atoms with Gasteiger partial charge in [-0.3, -0.25) is 24.4 Å². The van der Waals surface area contributed by atoms with Gasteiger partial charge in [0.25, 0.3) is 11.6 Å². The zero-order chi connectivity index (χ0) is 22.2. The van der Waals surface area contributed by atoms with Crippen LogP contribution in [0.3, 0.4) is 0 Å². The second kappa shape index (κ2) is 7.89. The Balaban J connectivity index is 1.83. The molecule has 1 fully saturated rings. The van der Waals surface area contributed by atoms with Crippen LogP contribution in [0.4, 0.5) is 5.69 Å². The second-order valence-electron chi connectivity index (χ2n) is 8.71. The van der Waals surface area contributed by atoms with Crippen LogP contribution in [0, 0.1) is 23.0 Å². The van der Waals surface area contributed by atoms with Crippen LogP contribution in [0.2, 0.25) is 0 Å². The molecule has 1 N–H and O–H groups in total. The molecule has 160 valence electrons. The van der Waals surface area contributed by atoms with Crippen molar-refractivity contribution in [2.75, 3.05) is 6.54 Å². The van der Waals surface area contributed by atoms with E-state index in [4.69, 9.17) is 0 Å². The Labute approximate surface area is 175 Å². The summed E-state index contributed by atoms with van der Waals surface area (Å²) in [7, 11) is 1.82. The van der Waals surface area contributed by atoms with Crippen molar-refractivity contribution in [1.82, 2.24) is 20.0 Å². The number of rotatable bonds is 5. The van der Waals surface area contributed by atoms with Crippen molar-refractivity contribution in [1.29, 1.82) is 0 Å². The molecule has 30 heavy (non-hydrogen) atoms. The maximum Gasteiger partial charge on any atom is 0.273 e. The fourth-order valence-corrected chi connectivity index (χ4v) is 4.18. The summed E-state index contributed by atoms with van der Waals surface area (Å²) >= 11 is 0. The van der Waals surface area contributed by atoms with Gasteiger partial charge in [-0.15, -0.1) is 0 Å². The third-order valence-corrected chi connectivity index (χ3v) is 5.49. The van der Waals surface area contributed by atoms with Crippen molar-refractivity contribution in [3.63, 3.8) is 0 Å². The molecule has 0 bridgehead atoms. The molecule has 0 saturated carbocycles. The maximum absolute atomic E-state index is 12.8. The van der Waals surface area contributed by atoms with Crippen molar-refractivity contribution < 1.29 is 14.5 Å². The molecular formula is C21H27N5O4. The Morgan fingerprint density at radius 3 is 2.63 bits per heavy atom. The lowest BCUT2D eigenvalue weighted by molar-refractivity contribution is -0.385. The number of hydrogen-bond acceptors (Lipinski definition) is 5. The van der Waals surface area contributed by atoms with E-state index in [2.05, 4.69) is 10.4 Å². The summed E-state index contributed by atoms with van der Waals surface area (Å²) in [5.41, 5.74) is 1.03. The maximum atomic E-state index is 12.8. The Morgan fingerprint density at radius 1 is 1.37 bits per heavy atom. The van der Waals surface area contributed by atoms with E-state index in [1.165, 1.54) is 12.1 Å². The second-order valence-corrected chi connectivity index (χ2v) is 8.71. The highest BCUT2D eigenvalue weighted by molar-refractivity contribution is 5.96. The summed E-state index contributed by atoms with van der Waals surface area (Å²) in [6, 6.07) is 4.23. The Bertz CT molecular complexity index is 992. The lowest BCUT2D eigenvalue weighted by Gasteiger charge is -2.38. The monoisotopic (exact) mass is 413 g/mol. The van der Waals surface area contributed by atoms with Gasteiger partial charge in [0.2, 0.25) is 5.91 Å². The zero-order valence-electron chi connectivity index (χ0n) is 17.9. The lowest BCUT2D eigenvalue weighted by atomic mass is 9.93. The van der Waals surface area contributed by atoms with Crippen LogP contribution in [-0.2, 0) is 11.8 Å². The average Bonchev–Trinajstić information content (AvgIpc) is 3.21. The number of benzene rings is 1. The molecule has 1 aromatic carbocycles. The summed E-state index contributed by atoms with van der Waals surface area (Å²) in [5.74, 6) is -0.492. The van der Waals surface area contributed by atoms with Gasteiger partial charge in [0.1, 0.15) is 0 Å². The zero-order valence-corrected chi connectivity index (χ0v) is 17.9. The first-order valence-electron chi connectivity index (χ1n) is 9.83. The van der Waals surface area contributed by atoms with Crippen molar-refractivity contribution in [3.8, 4) is 0 Å². The third-order valence-electron chi connectivity index (χ3n) is 5.49. The number of amides is 2. The van der Waals surface area contributed by atoms with Crippen LogP contribution in [0.15, 0.2) is 30.6 Å². The van der Waals surface area contributed by atoms with Crippen molar-refractivity contribution in [2.45, 2.75) is 45.7 Å². The van der Waals surface area contributed by atoms with E-state index in [0.29, 0.717) is 12.0 Å². The van der Waals surface area contributed by atoms with E-state index in [1.54, 1.807) is 23.9 Å². The molecule has 2 aromatic rings. The normalized spacial score (nSPS) is 19.2. The van der Waals surface area contributed by atoms with Crippen molar-refractivity contribution in [3.05, 3.63) is 57.4 Å². The number of nitrogens with one attached hydrogen (secondary N) is 1. The van der Waals surface area contributed by atoms with E-state index >= 15 is 0 Å². The van der Waals surface area contributed by atoms with E-state index in [-0.39, 0.29) is 47.1 Å². The van der Waals surface area contributed by atoms with Crippen LogP contribution < -0.4 is 5.32 Å². The van der Waals surface area contributed by atoms with Gasteiger partial charge >= 0.3 is 0 Å². The van der Waals surface area contributed by atoms with E-state index in [0.717, 1.165) is 5.56 Å². The first kappa shape index (κ1) is 21.5. The quantitative estimate of drug-likeness (QED) is 0.599. The predicted molar refractivity (Wildman–Crippen MR) is 111 cm³/mol. The Kier molecular flexibility index (Phi) is 5.65. The highest BCUT2D eigenvalue weighted by Crippen LogP contribution is 2.42. The Morgan fingerprint density at radius 2 is 2.07 bits per heavy atom. The molecule has 1 aliphatic rings. The van der Waals surface area contributed by atoms with E-state index in [9.17, 15) is 19.7 Å². The van der Waals surface area contributed by atoms with Crippen molar-refractivity contribution >= 4 is 17.5 Å². The molecular weight excluding hydrogens is 386 g/mol. The smallest absolute Gasteiger partial charge is 0.273 e. The molecule has 0 radical (unpaired) electrons. The SMILES string of the molecule is Cc1c(C(=O)NC[C@@H]2CC(=O)N(C(C)(C)C)[C@H]2c2cnn(C)c2)cccc1[N+](=O)[O-]. The molecule has 2 atom stereocenters. The Hall–Kier alpha value is -3.23. The third kappa shape index (κ3) is 4.05. The molecule has 1 aliphatic heterocycles. The molecule has 0 aliphatic carbocycles. The fourth-order valence-electron chi connectivity index (χ4n) is 4.18. The van der Waals surface area contributed by atoms with Gasteiger partial charge in [0, 0.05) is 60.4 Å². The topological polar surface area (TPSA) is 110 Å².